The molecule has 57 heavy (non-hydrogen) atoms. The van der Waals surface area contributed by atoms with Gasteiger partial charge in [-0.1, -0.05) is 142 Å². The fraction of sp³-hybridized carbons (Fsp3) is 0.321. The van der Waals surface area contributed by atoms with Crippen molar-refractivity contribution in [1.82, 2.24) is 0 Å². The minimum absolute atomic E-state index is 0.00221. The van der Waals surface area contributed by atoms with E-state index in [0.29, 0.717) is 0 Å². The highest BCUT2D eigenvalue weighted by atomic mass is 35.5. The third-order valence-electron chi connectivity index (χ3n) is 13.1. The summed E-state index contributed by atoms with van der Waals surface area (Å²) in [6, 6.07) is 41.9. The molecule has 1 aliphatic carbocycles. The van der Waals surface area contributed by atoms with Crippen molar-refractivity contribution in [3.05, 3.63) is 148 Å². The van der Waals surface area contributed by atoms with E-state index in [2.05, 4.69) is 202 Å². The standard InChI is InChI=1S/C53H56BClN2/c1-32-24-47-49-48(25-32)57(44-23-19-36(51(6,7)8)27-38(44)34-16-14-13-15-17-34)46-30-40-39(52(9,10)31-53(40,11)12)29-42(46)54(49)41-21-20-37(55)28-45(41)56(47)43-22-18-35(26-33(43)2)50(3,4)5/h13-30H,31H2,1-12H3. The molecule has 9 rings (SSSR count). The summed E-state index contributed by atoms with van der Waals surface area (Å²) in [5.41, 5.74) is 22.0. The van der Waals surface area contributed by atoms with Crippen LogP contribution in [0.4, 0.5) is 34.1 Å². The molecule has 0 aromatic heterocycles. The summed E-state index contributed by atoms with van der Waals surface area (Å²) in [5, 5.41) is 0.750. The van der Waals surface area contributed by atoms with Crippen molar-refractivity contribution in [2.75, 3.05) is 9.80 Å². The van der Waals surface area contributed by atoms with Crippen LogP contribution in [-0.4, -0.2) is 6.71 Å². The lowest BCUT2D eigenvalue weighted by Gasteiger charge is -2.45. The molecule has 4 heteroatoms. The Kier molecular flexibility index (Phi) is 8.39. The van der Waals surface area contributed by atoms with E-state index < -0.39 is 0 Å². The van der Waals surface area contributed by atoms with Crippen LogP contribution in [0, 0.1) is 13.8 Å². The van der Waals surface area contributed by atoms with Gasteiger partial charge in [-0.25, -0.2) is 0 Å². The molecule has 0 N–H and O–H groups in total. The monoisotopic (exact) mass is 766 g/mol. The fourth-order valence-electron chi connectivity index (χ4n) is 10.5. The van der Waals surface area contributed by atoms with Crippen LogP contribution in [0.5, 0.6) is 0 Å². The molecular weight excluding hydrogens is 711 g/mol. The number of halogens is 1. The summed E-state index contributed by atoms with van der Waals surface area (Å²) < 4.78 is 0. The number of nitrogens with zero attached hydrogens (tertiary/aromatic N) is 2. The predicted octanol–water partition coefficient (Wildman–Crippen LogP) is 13.3. The Labute approximate surface area is 347 Å². The van der Waals surface area contributed by atoms with E-state index in [1.54, 1.807) is 0 Å². The molecule has 2 heterocycles. The molecule has 0 saturated heterocycles. The van der Waals surface area contributed by atoms with E-state index in [9.17, 15) is 0 Å². The minimum atomic E-state index is -0.00221. The maximum atomic E-state index is 6.98. The Morgan fingerprint density at radius 2 is 1.11 bits per heavy atom. The minimum Gasteiger partial charge on any atom is -0.311 e. The highest BCUT2D eigenvalue weighted by Crippen LogP contribution is 2.53. The molecule has 0 saturated carbocycles. The number of aryl methyl sites for hydroxylation is 2. The van der Waals surface area contributed by atoms with Crippen LogP contribution in [-0.2, 0) is 21.7 Å². The van der Waals surface area contributed by atoms with Gasteiger partial charge in [0.2, 0.25) is 0 Å². The van der Waals surface area contributed by atoms with Crippen molar-refractivity contribution in [2.24, 2.45) is 0 Å². The second-order valence-corrected chi connectivity index (χ2v) is 21.0. The molecule has 6 aromatic rings. The first kappa shape index (κ1) is 37.8. The fourth-order valence-corrected chi connectivity index (χ4v) is 10.7. The van der Waals surface area contributed by atoms with Crippen molar-refractivity contribution in [1.29, 1.82) is 0 Å². The SMILES string of the molecule is Cc1cc2c3c(c1)N(c1ccc(C(C)(C)C)cc1-c1ccccc1)c1cc4c(cc1B3c1ccc(Cl)cc1N2c1ccc(C(C)(C)C)cc1C)C(C)(C)CC4(C)C. The van der Waals surface area contributed by atoms with Crippen LogP contribution in [0.3, 0.4) is 0 Å². The van der Waals surface area contributed by atoms with E-state index in [1.807, 2.05) is 0 Å². The lowest BCUT2D eigenvalue weighted by Crippen LogP contribution is -2.61. The molecule has 0 amide bonds. The largest absolute Gasteiger partial charge is 0.311 e. The number of hydrogen-bond acceptors (Lipinski definition) is 2. The van der Waals surface area contributed by atoms with Gasteiger partial charge >= 0.3 is 0 Å². The van der Waals surface area contributed by atoms with Gasteiger partial charge in [0.25, 0.3) is 6.71 Å². The van der Waals surface area contributed by atoms with E-state index >= 15 is 0 Å². The summed E-state index contributed by atoms with van der Waals surface area (Å²) in [6.07, 6.45) is 1.11. The van der Waals surface area contributed by atoms with Crippen LogP contribution < -0.4 is 26.2 Å². The Morgan fingerprint density at radius 3 is 1.72 bits per heavy atom. The molecule has 2 nitrogen and oxygen atoms in total. The van der Waals surface area contributed by atoms with Crippen molar-refractivity contribution in [3.63, 3.8) is 0 Å². The lowest BCUT2D eigenvalue weighted by molar-refractivity contribution is 0.403. The normalized spacial score (nSPS) is 16.3. The highest BCUT2D eigenvalue weighted by Gasteiger charge is 2.48. The molecule has 0 radical (unpaired) electrons. The molecule has 0 bridgehead atoms. The van der Waals surface area contributed by atoms with Gasteiger partial charge in [0.1, 0.15) is 0 Å². The maximum Gasteiger partial charge on any atom is 0.252 e. The third-order valence-corrected chi connectivity index (χ3v) is 13.4. The van der Waals surface area contributed by atoms with Gasteiger partial charge in [0.05, 0.1) is 5.69 Å². The first-order valence-corrected chi connectivity index (χ1v) is 21.2. The molecule has 288 valence electrons. The molecule has 6 aromatic carbocycles. The van der Waals surface area contributed by atoms with Gasteiger partial charge in [0.15, 0.2) is 0 Å². The van der Waals surface area contributed by atoms with Crippen molar-refractivity contribution < 1.29 is 0 Å². The van der Waals surface area contributed by atoms with Gasteiger partial charge < -0.3 is 9.80 Å². The predicted molar refractivity (Wildman–Crippen MR) is 248 cm³/mol. The van der Waals surface area contributed by atoms with Crippen LogP contribution in [0.1, 0.15) is 109 Å². The number of rotatable bonds is 3. The lowest BCUT2D eigenvalue weighted by atomic mass is 9.33. The highest BCUT2D eigenvalue weighted by molar-refractivity contribution is 7.00. The maximum absolute atomic E-state index is 6.98. The van der Waals surface area contributed by atoms with E-state index in [1.165, 1.54) is 89.3 Å². The van der Waals surface area contributed by atoms with E-state index in [-0.39, 0.29) is 28.4 Å². The van der Waals surface area contributed by atoms with Crippen LogP contribution >= 0.6 is 11.6 Å². The summed E-state index contributed by atoms with van der Waals surface area (Å²) in [5.74, 6) is 0. The summed E-state index contributed by atoms with van der Waals surface area (Å²) in [6.45, 7) is 28.1. The third kappa shape index (κ3) is 5.98. The number of anilines is 6. The topological polar surface area (TPSA) is 6.48 Å². The molecule has 0 spiro atoms. The summed E-state index contributed by atoms with van der Waals surface area (Å²) in [4.78, 5) is 5.14. The molecular formula is C53H56BClN2. The number of fused-ring (bicyclic) bond motifs is 5. The molecule has 0 unspecified atom stereocenters. The Morgan fingerprint density at radius 1 is 0.544 bits per heavy atom. The number of benzene rings is 6. The molecule has 0 atom stereocenters. The van der Waals surface area contributed by atoms with Crippen molar-refractivity contribution in [3.8, 4) is 11.1 Å². The first-order valence-electron chi connectivity index (χ1n) is 20.8. The van der Waals surface area contributed by atoms with Crippen LogP contribution in [0.15, 0.2) is 109 Å². The smallest absolute Gasteiger partial charge is 0.252 e. The second kappa shape index (κ2) is 12.6. The summed E-state index contributed by atoms with van der Waals surface area (Å²) >= 11 is 6.98. The molecule has 3 aliphatic rings. The average Bonchev–Trinajstić information content (AvgIpc) is 3.32. The van der Waals surface area contributed by atoms with Crippen molar-refractivity contribution in [2.45, 2.75) is 111 Å². The van der Waals surface area contributed by atoms with Crippen molar-refractivity contribution >= 4 is 68.8 Å². The Bertz CT molecular complexity index is 2620. The van der Waals surface area contributed by atoms with Gasteiger partial charge in [0, 0.05) is 39.0 Å². The van der Waals surface area contributed by atoms with Crippen LogP contribution in [0.25, 0.3) is 11.1 Å². The quantitative estimate of drug-likeness (QED) is 0.165. The van der Waals surface area contributed by atoms with Crippen LogP contribution in [0.2, 0.25) is 5.02 Å². The zero-order valence-corrected chi connectivity index (χ0v) is 36.7. The molecule has 2 aliphatic heterocycles. The van der Waals surface area contributed by atoms with Gasteiger partial charge in [-0.3, -0.25) is 0 Å². The zero-order chi connectivity index (χ0) is 40.6. The van der Waals surface area contributed by atoms with Gasteiger partial charge in [-0.15, -0.1) is 0 Å². The van der Waals surface area contributed by atoms with Gasteiger partial charge in [-0.2, -0.15) is 0 Å². The average molecular weight is 767 g/mol. The second-order valence-electron chi connectivity index (χ2n) is 20.5. The van der Waals surface area contributed by atoms with Gasteiger partial charge in [-0.05, 0) is 146 Å². The first-order chi connectivity index (χ1) is 26.7. The molecule has 0 fully saturated rings. The van der Waals surface area contributed by atoms with E-state index in [0.717, 1.165) is 17.1 Å². The Hall–Kier alpha value is -4.73. The van der Waals surface area contributed by atoms with E-state index in [4.69, 9.17) is 11.6 Å². The summed E-state index contributed by atoms with van der Waals surface area (Å²) in [7, 11) is 0. The Balaban J connectivity index is 1.41. The zero-order valence-electron chi connectivity index (χ0n) is 35.9. The number of hydrogen-bond donors (Lipinski definition) is 0.